The van der Waals surface area contributed by atoms with Crippen LogP contribution in [-0.2, 0) is 52.1 Å². The van der Waals surface area contributed by atoms with Gasteiger partial charge < -0.3 is 14.9 Å². The van der Waals surface area contributed by atoms with Crippen molar-refractivity contribution in [3.05, 3.63) is 11.1 Å². The molecule has 7 heteroatoms. The molecule has 1 saturated carbocycles. The number of hydrogen-bond acceptors (Lipinski definition) is 5. The number of aliphatic hydroxyl groups is 2. The van der Waals surface area contributed by atoms with Crippen molar-refractivity contribution in [2.45, 2.75) is 276 Å². The number of aliphatic hydroxyl groups excluding tert-OH is 2. The van der Waals surface area contributed by atoms with Gasteiger partial charge in [-0.05, 0) is 94.8 Å². The molecule has 0 aromatic heterocycles. The summed E-state index contributed by atoms with van der Waals surface area (Å²) in [6.07, 6.45) is 45.5. The third kappa shape index (κ3) is 21.2. The minimum atomic E-state index is -0.425. The molecule has 3 heterocycles. The van der Waals surface area contributed by atoms with Gasteiger partial charge in [0.25, 0.3) is 0 Å². The van der Waals surface area contributed by atoms with Gasteiger partial charge in [0.05, 0.1) is 12.2 Å². The quantitative estimate of drug-likeness (QED) is 0.144. The van der Waals surface area contributed by atoms with Crippen molar-refractivity contribution in [2.75, 3.05) is 0 Å². The van der Waals surface area contributed by atoms with Gasteiger partial charge in [0.2, 0.25) is 11.6 Å². The zero-order valence-corrected chi connectivity index (χ0v) is 39.2. The number of allylic oxidation sites excluding steroid dienone is 2. The van der Waals surface area contributed by atoms with E-state index in [9.17, 15) is 10.2 Å². The van der Waals surface area contributed by atoms with E-state index in [2.05, 4.69) is 20.8 Å². The summed E-state index contributed by atoms with van der Waals surface area (Å²) >= 11 is 0. The van der Waals surface area contributed by atoms with Crippen molar-refractivity contribution in [3.63, 3.8) is 0 Å². The molecule has 0 aromatic rings. The smallest absolute Gasteiger partial charge is 0.205 e. The van der Waals surface area contributed by atoms with Crippen molar-refractivity contribution in [1.29, 1.82) is 0 Å². The van der Waals surface area contributed by atoms with E-state index < -0.39 is 11.6 Å². The molecule has 2 N–H and O–H groups in total. The van der Waals surface area contributed by atoms with Crippen molar-refractivity contribution >= 4 is 0 Å². The van der Waals surface area contributed by atoms with Crippen LogP contribution >= 0.6 is 0 Å². The molecule has 3 aliphatic carbocycles. The molecule has 326 valence electrons. The first-order valence-corrected chi connectivity index (χ1v) is 23.9. The Morgan fingerprint density at radius 2 is 0.764 bits per heavy atom. The Hall–Kier alpha value is 0.722. The summed E-state index contributed by atoms with van der Waals surface area (Å²) in [7, 11) is 0. The molecule has 0 amide bonds. The third-order valence-corrected chi connectivity index (χ3v) is 13.5. The summed E-state index contributed by atoms with van der Waals surface area (Å²) < 4.78 is 6.31. The second-order valence-electron chi connectivity index (χ2n) is 19.3. The number of ether oxygens (including phenoxy) is 1. The van der Waals surface area contributed by atoms with Crippen LogP contribution < -0.4 is 0 Å². The fraction of sp³-hybridized carbons (Fsp3) is 0.958. The Balaban J connectivity index is 0.000000281. The maximum atomic E-state index is 9.95. The van der Waals surface area contributed by atoms with Crippen molar-refractivity contribution in [1.82, 2.24) is 0 Å². The molecule has 3 aliphatic heterocycles. The molecule has 0 spiro atoms. The average molecular weight is 900 g/mol. The molecule has 4 unspecified atom stereocenters. The van der Waals surface area contributed by atoms with Gasteiger partial charge in [-0.15, -0.1) is 0 Å². The van der Waals surface area contributed by atoms with Gasteiger partial charge >= 0.3 is 0 Å². The first kappa shape index (κ1) is 51.9. The Morgan fingerprint density at radius 1 is 0.436 bits per heavy atom. The van der Waals surface area contributed by atoms with Gasteiger partial charge in [-0.2, -0.15) is 9.78 Å². The fourth-order valence-corrected chi connectivity index (χ4v) is 10.6. The SMILES string of the molecule is CC1CC(O)CCCCCCCCCCC(O)C1.CC1CC23CCCCCCCCCCC(C1)(OO2)O3.CC1CC2=C(CCCCCCCCCC2)C1.[Mo].[Ni]. The summed E-state index contributed by atoms with van der Waals surface area (Å²) in [5.41, 5.74) is 3.74. The van der Waals surface area contributed by atoms with Crippen LogP contribution in [-0.4, -0.2) is 34.0 Å². The van der Waals surface area contributed by atoms with Crippen LogP contribution in [0.3, 0.4) is 0 Å². The zero-order valence-electron chi connectivity index (χ0n) is 36.2. The summed E-state index contributed by atoms with van der Waals surface area (Å²) in [5, 5.41) is 19.9. The molecular formula is C48H88MoNiO5. The van der Waals surface area contributed by atoms with Crippen LogP contribution in [0.25, 0.3) is 0 Å². The molecule has 4 fully saturated rings. The molecule has 4 atom stereocenters. The van der Waals surface area contributed by atoms with Crippen LogP contribution in [0.4, 0.5) is 0 Å². The normalized spacial score (nSPS) is 34.4. The maximum absolute atomic E-state index is 9.95. The number of hydrogen-bond donors (Lipinski definition) is 2. The maximum Gasteiger partial charge on any atom is 0.205 e. The summed E-state index contributed by atoms with van der Waals surface area (Å²) in [5.74, 6) is 1.19. The van der Waals surface area contributed by atoms with E-state index in [-0.39, 0.29) is 49.8 Å². The van der Waals surface area contributed by atoms with E-state index in [0.717, 1.165) is 70.1 Å². The van der Waals surface area contributed by atoms with E-state index in [0.29, 0.717) is 11.8 Å². The second-order valence-corrected chi connectivity index (χ2v) is 19.3. The van der Waals surface area contributed by atoms with Crippen molar-refractivity contribution in [2.24, 2.45) is 17.8 Å². The van der Waals surface area contributed by atoms with Gasteiger partial charge in [-0.1, -0.05) is 160 Å². The van der Waals surface area contributed by atoms with Gasteiger partial charge in [0.1, 0.15) is 0 Å². The number of rotatable bonds is 0. The topological polar surface area (TPSA) is 68.2 Å². The molecule has 2 bridgehead atoms. The molecule has 6 rings (SSSR count). The monoisotopic (exact) mass is 901 g/mol. The van der Waals surface area contributed by atoms with Crippen LogP contribution in [0.15, 0.2) is 11.1 Å². The molecule has 6 aliphatic rings. The Morgan fingerprint density at radius 3 is 1.15 bits per heavy atom. The molecule has 5 nitrogen and oxygen atoms in total. The fourth-order valence-electron chi connectivity index (χ4n) is 10.6. The van der Waals surface area contributed by atoms with Gasteiger partial charge in [-0.3, -0.25) is 0 Å². The Labute approximate surface area is 364 Å². The van der Waals surface area contributed by atoms with Gasteiger partial charge in [0.15, 0.2) is 0 Å². The molecular weight excluding hydrogens is 811 g/mol. The predicted octanol–water partition coefficient (Wildman–Crippen LogP) is 14.4. The van der Waals surface area contributed by atoms with Crippen LogP contribution in [0.5, 0.6) is 0 Å². The Kier molecular flexibility index (Phi) is 28.2. The van der Waals surface area contributed by atoms with Gasteiger partial charge in [0, 0.05) is 63.2 Å². The minimum Gasteiger partial charge on any atom is -0.393 e. The van der Waals surface area contributed by atoms with E-state index >= 15 is 0 Å². The standard InChI is InChI=1S/C16H28O3.C16H32O2.C16H28.Mo.Ni/c1-14-12-15-10-8-6-4-2-3-5-7-9-11-16(13-14,17-15)19-18-15;1-14-12-15(17)10-8-6-4-2-3-5-7-9-11-16(18)13-14;1-14-12-15-10-8-6-4-2-3-5-7-9-11-16(15)13-14;;/h14H,2-13H2,1H3;14-18H,2-13H2,1H3;14H,2-13H2,1H3;;. The third-order valence-electron chi connectivity index (χ3n) is 13.5. The first-order valence-electron chi connectivity index (χ1n) is 23.9. The van der Waals surface area contributed by atoms with E-state index in [4.69, 9.17) is 14.5 Å². The average Bonchev–Trinajstić information content (AvgIpc) is 3.60. The van der Waals surface area contributed by atoms with Crippen LogP contribution in [0.2, 0.25) is 0 Å². The van der Waals surface area contributed by atoms with E-state index in [1.165, 1.54) is 167 Å². The molecule has 55 heavy (non-hydrogen) atoms. The van der Waals surface area contributed by atoms with E-state index in [1.54, 1.807) is 0 Å². The largest absolute Gasteiger partial charge is 0.393 e. The van der Waals surface area contributed by atoms with Crippen molar-refractivity contribution < 1.29 is 62.3 Å². The van der Waals surface area contributed by atoms with Gasteiger partial charge in [-0.25, -0.2) is 0 Å². The van der Waals surface area contributed by atoms with Crippen LogP contribution in [0, 0.1) is 17.8 Å². The first-order chi connectivity index (χ1) is 25.8. The molecule has 0 radical (unpaired) electrons. The Bertz CT molecular complexity index is 923. The second kappa shape index (κ2) is 29.9. The minimum absolute atomic E-state index is 0. The van der Waals surface area contributed by atoms with Crippen molar-refractivity contribution in [3.8, 4) is 0 Å². The summed E-state index contributed by atoms with van der Waals surface area (Å²) in [6.45, 7) is 6.90. The molecule has 0 aromatic carbocycles. The predicted molar refractivity (Wildman–Crippen MR) is 221 cm³/mol. The molecule has 3 saturated heterocycles. The van der Waals surface area contributed by atoms with Crippen LogP contribution in [0.1, 0.15) is 252 Å². The summed E-state index contributed by atoms with van der Waals surface area (Å²) in [6, 6.07) is 0. The summed E-state index contributed by atoms with van der Waals surface area (Å²) in [4.78, 5) is 11.4. The zero-order chi connectivity index (χ0) is 37.6. The van der Waals surface area contributed by atoms with E-state index in [1.807, 2.05) is 11.1 Å².